The van der Waals surface area contributed by atoms with Crippen molar-refractivity contribution in [2.45, 2.75) is 32.6 Å². The van der Waals surface area contributed by atoms with E-state index in [1.165, 1.54) is 0 Å². The van der Waals surface area contributed by atoms with Crippen molar-refractivity contribution in [3.05, 3.63) is 29.6 Å². The van der Waals surface area contributed by atoms with E-state index < -0.39 is 0 Å². The largest absolute Gasteiger partial charge is 0.345 e. The fourth-order valence-electron chi connectivity index (χ4n) is 1.39. The summed E-state index contributed by atoms with van der Waals surface area (Å²) in [4.78, 5) is 17.5. The molecule has 0 radical (unpaired) electrons. The maximum absolute atomic E-state index is 11.8. The number of carbonyl (C=O) groups is 1. The molecule has 0 bridgehead atoms. The summed E-state index contributed by atoms with van der Waals surface area (Å²) in [7, 11) is 3.50. The van der Waals surface area contributed by atoms with Crippen molar-refractivity contribution >= 4 is 5.91 Å². The van der Waals surface area contributed by atoms with Crippen LogP contribution in [-0.2, 0) is 5.41 Å². The number of pyridine rings is 1. The number of hydrogen-bond donors (Lipinski definition) is 0. The zero-order valence-corrected chi connectivity index (χ0v) is 10.7. The smallest absolute Gasteiger partial charge is 0.254 e. The fourth-order valence-corrected chi connectivity index (χ4v) is 1.39. The summed E-state index contributed by atoms with van der Waals surface area (Å²) < 4.78 is 0. The summed E-state index contributed by atoms with van der Waals surface area (Å²) >= 11 is 0. The minimum absolute atomic E-state index is 0.00116. The second-order valence-electron chi connectivity index (χ2n) is 4.90. The second kappa shape index (κ2) is 4.64. The van der Waals surface area contributed by atoms with Gasteiger partial charge in [0.1, 0.15) is 0 Å². The standard InChI is InChI=1S/C13H20N2O/c1-6-13(2,3)11-7-10(8-14-9-11)12(16)15(4)5/h7-9H,6H2,1-5H3. The van der Waals surface area contributed by atoms with Gasteiger partial charge in [-0.25, -0.2) is 0 Å². The average molecular weight is 220 g/mol. The predicted octanol–water partition coefficient (Wildman–Crippen LogP) is 2.47. The Kier molecular flexibility index (Phi) is 3.68. The molecule has 0 aliphatic rings. The van der Waals surface area contributed by atoms with E-state index in [-0.39, 0.29) is 11.3 Å². The van der Waals surface area contributed by atoms with Gasteiger partial charge in [-0.3, -0.25) is 9.78 Å². The third-order valence-electron chi connectivity index (χ3n) is 3.06. The summed E-state index contributed by atoms with van der Waals surface area (Å²) in [5, 5.41) is 0. The molecule has 16 heavy (non-hydrogen) atoms. The maximum atomic E-state index is 11.8. The van der Waals surface area contributed by atoms with Crippen LogP contribution in [0, 0.1) is 0 Å². The first kappa shape index (κ1) is 12.7. The first-order valence-electron chi connectivity index (χ1n) is 5.55. The van der Waals surface area contributed by atoms with Crippen LogP contribution in [0.5, 0.6) is 0 Å². The van der Waals surface area contributed by atoms with Crippen LogP contribution in [-0.4, -0.2) is 29.9 Å². The van der Waals surface area contributed by atoms with E-state index in [2.05, 4.69) is 25.8 Å². The van der Waals surface area contributed by atoms with Crippen LogP contribution in [0.2, 0.25) is 0 Å². The number of nitrogens with zero attached hydrogens (tertiary/aromatic N) is 2. The molecule has 3 nitrogen and oxygen atoms in total. The zero-order chi connectivity index (χ0) is 12.3. The van der Waals surface area contributed by atoms with Crippen LogP contribution in [0.3, 0.4) is 0 Å². The lowest BCUT2D eigenvalue weighted by molar-refractivity contribution is 0.0827. The van der Waals surface area contributed by atoms with Gasteiger partial charge in [-0.2, -0.15) is 0 Å². The van der Waals surface area contributed by atoms with E-state index in [9.17, 15) is 4.79 Å². The van der Waals surface area contributed by atoms with Crippen LogP contribution in [0.15, 0.2) is 18.5 Å². The second-order valence-corrected chi connectivity index (χ2v) is 4.90. The SMILES string of the molecule is CCC(C)(C)c1cncc(C(=O)N(C)C)c1. The molecule has 1 aromatic rings. The molecule has 0 saturated heterocycles. The minimum atomic E-state index is 0.00116. The third kappa shape index (κ3) is 2.60. The van der Waals surface area contributed by atoms with E-state index in [0.29, 0.717) is 5.56 Å². The van der Waals surface area contributed by atoms with Gasteiger partial charge in [0.05, 0.1) is 5.56 Å². The Labute approximate surface area is 97.5 Å². The quantitative estimate of drug-likeness (QED) is 0.784. The summed E-state index contributed by atoms with van der Waals surface area (Å²) in [5.74, 6) is 0.00116. The molecule has 0 atom stereocenters. The Balaban J connectivity index is 3.09. The molecule has 0 N–H and O–H groups in total. The molecule has 0 aliphatic heterocycles. The van der Waals surface area contributed by atoms with Gasteiger partial charge in [0.2, 0.25) is 0 Å². The third-order valence-corrected chi connectivity index (χ3v) is 3.06. The van der Waals surface area contributed by atoms with E-state index in [1.807, 2.05) is 12.3 Å². The van der Waals surface area contributed by atoms with Gasteiger partial charge in [-0.05, 0) is 23.5 Å². The van der Waals surface area contributed by atoms with Crippen molar-refractivity contribution < 1.29 is 4.79 Å². The van der Waals surface area contributed by atoms with Gasteiger partial charge in [-0.15, -0.1) is 0 Å². The van der Waals surface area contributed by atoms with Crippen LogP contribution in [0.25, 0.3) is 0 Å². The normalized spacial score (nSPS) is 11.3. The Hall–Kier alpha value is -1.38. The molecule has 0 fully saturated rings. The average Bonchev–Trinajstić information content (AvgIpc) is 2.28. The highest BCUT2D eigenvalue weighted by molar-refractivity contribution is 5.93. The van der Waals surface area contributed by atoms with E-state index in [4.69, 9.17) is 0 Å². The number of amides is 1. The lowest BCUT2D eigenvalue weighted by Crippen LogP contribution is -2.23. The van der Waals surface area contributed by atoms with Gasteiger partial charge in [0.15, 0.2) is 0 Å². The molecule has 0 unspecified atom stereocenters. The van der Waals surface area contributed by atoms with E-state index in [0.717, 1.165) is 12.0 Å². The highest BCUT2D eigenvalue weighted by Crippen LogP contribution is 2.26. The number of aromatic nitrogens is 1. The molecule has 1 heterocycles. The Morgan fingerprint density at radius 2 is 2.00 bits per heavy atom. The molecular weight excluding hydrogens is 200 g/mol. The van der Waals surface area contributed by atoms with Crippen molar-refractivity contribution in [1.29, 1.82) is 0 Å². The van der Waals surface area contributed by atoms with Crippen LogP contribution in [0.4, 0.5) is 0 Å². The molecule has 0 aromatic carbocycles. The minimum Gasteiger partial charge on any atom is -0.345 e. The molecule has 0 saturated carbocycles. The van der Waals surface area contributed by atoms with Gasteiger partial charge in [-0.1, -0.05) is 20.8 Å². The zero-order valence-electron chi connectivity index (χ0n) is 10.7. The molecule has 88 valence electrons. The van der Waals surface area contributed by atoms with Crippen molar-refractivity contribution in [3.63, 3.8) is 0 Å². The highest BCUT2D eigenvalue weighted by atomic mass is 16.2. The summed E-state index contributed by atoms with van der Waals surface area (Å²) in [6.45, 7) is 6.46. The Bertz CT molecular complexity index is 383. The summed E-state index contributed by atoms with van der Waals surface area (Å²) in [6.07, 6.45) is 4.49. The highest BCUT2D eigenvalue weighted by Gasteiger charge is 2.20. The van der Waals surface area contributed by atoms with Crippen molar-refractivity contribution in [1.82, 2.24) is 9.88 Å². The van der Waals surface area contributed by atoms with Crippen LogP contribution >= 0.6 is 0 Å². The van der Waals surface area contributed by atoms with Gasteiger partial charge >= 0.3 is 0 Å². The molecule has 1 aromatic heterocycles. The van der Waals surface area contributed by atoms with Crippen molar-refractivity contribution in [2.75, 3.05) is 14.1 Å². The lowest BCUT2D eigenvalue weighted by Gasteiger charge is -2.23. The predicted molar refractivity (Wildman–Crippen MR) is 65.6 cm³/mol. The Morgan fingerprint density at radius 3 is 2.50 bits per heavy atom. The summed E-state index contributed by atoms with van der Waals surface area (Å²) in [6, 6.07) is 1.94. The molecule has 0 aliphatic carbocycles. The van der Waals surface area contributed by atoms with Gasteiger partial charge in [0, 0.05) is 26.5 Å². The topological polar surface area (TPSA) is 33.2 Å². The number of carbonyl (C=O) groups excluding carboxylic acids is 1. The molecule has 1 amide bonds. The monoisotopic (exact) mass is 220 g/mol. The molecule has 3 heteroatoms. The van der Waals surface area contributed by atoms with Gasteiger partial charge in [0.25, 0.3) is 5.91 Å². The van der Waals surface area contributed by atoms with Crippen molar-refractivity contribution in [3.8, 4) is 0 Å². The summed E-state index contributed by atoms with van der Waals surface area (Å²) in [5.41, 5.74) is 1.84. The molecular formula is C13H20N2O. The van der Waals surface area contributed by atoms with Crippen LogP contribution < -0.4 is 0 Å². The first-order valence-corrected chi connectivity index (χ1v) is 5.55. The van der Waals surface area contributed by atoms with E-state index in [1.54, 1.807) is 25.2 Å². The molecule has 0 spiro atoms. The molecule has 1 rings (SSSR count). The number of hydrogen-bond acceptors (Lipinski definition) is 2. The van der Waals surface area contributed by atoms with Crippen LogP contribution in [0.1, 0.15) is 43.1 Å². The lowest BCUT2D eigenvalue weighted by atomic mass is 9.83. The Morgan fingerprint density at radius 1 is 1.38 bits per heavy atom. The number of rotatable bonds is 3. The first-order chi connectivity index (χ1) is 7.38. The van der Waals surface area contributed by atoms with E-state index >= 15 is 0 Å². The maximum Gasteiger partial charge on any atom is 0.254 e. The van der Waals surface area contributed by atoms with Gasteiger partial charge < -0.3 is 4.90 Å². The fraction of sp³-hybridized carbons (Fsp3) is 0.538. The van der Waals surface area contributed by atoms with Crippen molar-refractivity contribution in [2.24, 2.45) is 0 Å².